The van der Waals surface area contributed by atoms with E-state index in [9.17, 15) is 14.9 Å². The number of methoxy groups -OCH3 is 1. The third kappa shape index (κ3) is 5.94. The highest BCUT2D eigenvalue weighted by molar-refractivity contribution is 5.82. The predicted molar refractivity (Wildman–Crippen MR) is 108 cm³/mol. The Balaban J connectivity index is 1.82. The number of hydrogen-bond donors (Lipinski definition) is 1. The molecular formula is C20H30N4O4. The molecule has 1 aliphatic heterocycles. The second-order valence-corrected chi connectivity index (χ2v) is 7.13. The molecule has 1 heterocycles. The zero-order valence-electron chi connectivity index (χ0n) is 16.9. The topological polar surface area (TPSA) is 97.1 Å². The number of ether oxygens (including phenoxy) is 1. The summed E-state index contributed by atoms with van der Waals surface area (Å²) in [4.78, 5) is 29.0. The fraction of sp³-hybridized carbons (Fsp3) is 0.600. The van der Waals surface area contributed by atoms with E-state index in [2.05, 4.69) is 17.1 Å². The number of guanidine groups is 1. The summed E-state index contributed by atoms with van der Waals surface area (Å²) in [6, 6.07) is 6.71. The number of nitrogens with one attached hydrogen (secondary N) is 1. The first-order valence-electron chi connectivity index (χ1n) is 9.80. The van der Waals surface area contributed by atoms with Gasteiger partial charge in [-0.2, -0.15) is 0 Å². The molecule has 1 aliphatic rings. The van der Waals surface area contributed by atoms with Gasteiger partial charge < -0.3 is 15.0 Å². The molecule has 1 aromatic rings. The Hall–Kier alpha value is -2.64. The Bertz CT molecular complexity index is 690. The van der Waals surface area contributed by atoms with Crippen LogP contribution < -0.4 is 5.32 Å². The fourth-order valence-corrected chi connectivity index (χ4v) is 3.43. The molecule has 0 saturated carbocycles. The van der Waals surface area contributed by atoms with Gasteiger partial charge in [-0.05, 0) is 37.7 Å². The number of hydrogen-bond acceptors (Lipinski definition) is 5. The molecule has 2 rings (SSSR count). The molecule has 2 atom stereocenters. The lowest BCUT2D eigenvalue weighted by Gasteiger charge is -2.21. The standard InChI is InChI=1S/C20H30N4O4/c1-4-21-20(23-13-15(2)18(14-23)19(25)28-3)22-12-6-5-7-16-8-10-17(11-9-16)24(26)27/h8-11,15,18H,4-7,12-14H2,1-3H3,(H,21,22). The largest absolute Gasteiger partial charge is 0.469 e. The number of nitrogens with zero attached hydrogens (tertiary/aromatic N) is 3. The number of nitro groups is 1. The van der Waals surface area contributed by atoms with Crippen LogP contribution >= 0.6 is 0 Å². The van der Waals surface area contributed by atoms with Crippen LogP contribution in [0.5, 0.6) is 0 Å². The Kier molecular flexibility index (Phi) is 8.22. The van der Waals surface area contributed by atoms with E-state index in [1.807, 2.05) is 19.1 Å². The second kappa shape index (κ2) is 10.6. The monoisotopic (exact) mass is 390 g/mol. The molecule has 1 aromatic carbocycles. The number of aliphatic imine (C=N–C) groups is 1. The first-order valence-corrected chi connectivity index (χ1v) is 9.80. The van der Waals surface area contributed by atoms with Crippen LogP contribution in [0.15, 0.2) is 29.3 Å². The van der Waals surface area contributed by atoms with Crippen molar-refractivity contribution in [2.24, 2.45) is 16.8 Å². The van der Waals surface area contributed by atoms with E-state index in [0.717, 1.165) is 43.9 Å². The maximum absolute atomic E-state index is 11.9. The van der Waals surface area contributed by atoms with E-state index in [1.165, 1.54) is 7.11 Å². The van der Waals surface area contributed by atoms with Gasteiger partial charge in [0.15, 0.2) is 5.96 Å². The van der Waals surface area contributed by atoms with Crippen LogP contribution in [0, 0.1) is 22.0 Å². The highest BCUT2D eigenvalue weighted by Crippen LogP contribution is 2.24. The maximum atomic E-state index is 11.9. The maximum Gasteiger partial charge on any atom is 0.310 e. The van der Waals surface area contributed by atoms with Crippen molar-refractivity contribution < 1.29 is 14.5 Å². The Morgan fingerprint density at radius 3 is 2.64 bits per heavy atom. The van der Waals surface area contributed by atoms with Crippen molar-refractivity contribution in [3.05, 3.63) is 39.9 Å². The lowest BCUT2D eigenvalue weighted by Crippen LogP contribution is -2.40. The van der Waals surface area contributed by atoms with Crippen LogP contribution in [0.3, 0.4) is 0 Å². The van der Waals surface area contributed by atoms with Crippen molar-refractivity contribution in [1.29, 1.82) is 0 Å². The number of unbranched alkanes of at least 4 members (excludes halogenated alkanes) is 1. The number of carbonyl (C=O) groups excluding carboxylic acids is 1. The first kappa shape index (κ1) is 21.7. The van der Waals surface area contributed by atoms with Crippen molar-refractivity contribution >= 4 is 17.6 Å². The fourth-order valence-electron chi connectivity index (χ4n) is 3.43. The minimum absolute atomic E-state index is 0.115. The predicted octanol–water partition coefficient (Wildman–Crippen LogP) is 2.62. The van der Waals surface area contributed by atoms with Gasteiger partial charge in [-0.3, -0.25) is 19.9 Å². The number of carbonyl (C=O) groups is 1. The molecule has 154 valence electrons. The minimum atomic E-state index is -0.384. The number of nitro benzene ring substituents is 1. The SMILES string of the molecule is CCNC(=NCCCCc1ccc([N+](=O)[O-])cc1)N1CC(C)C(C(=O)OC)C1. The smallest absolute Gasteiger partial charge is 0.310 e. The Morgan fingerprint density at radius 2 is 2.04 bits per heavy atom. The molecule has 1 N–H and O–H groups in total. The summed E-state index contributed by atoms with van der Waals surface area (Å²) in [6.07, 6.45) is 2.76. The normalized spacial score (nSPS) is 19.5. The molecule has 0 aliphatic carbocycles. The molecule has 0 amide bonds. The molecule has 8 nitrogen and oxygen atoms in total. The lowest BCUT2D eigenvalue weighted by molar-refractivity contribution is -0.384. The second-order valence-electron chi connectivity index (χ2n) is 7.13. The van der Waals surface area contributed by atoms with Gasteiger partial charge in [0.2, 0.25) is 0 Å². The summed E-state index contributed by atoms with van der Waals surface area (Å²) in [6.45, 7) is 6.98. The van der Waals surface area contributed by atoms with Crippen molar-refractivity contribution in [3.63, 3.8) is 0 Å². The zero-order chi connectivity index (χ0) is 20.5. The van der Waals surface area contributed by atoms with E-state index < -0.39 is 0 Å². The van der Waals surface area contributed by atoms with Gasteiger partial charge in [0.05, 0.1) is 18.0 Å². The van der Waals surface area contributed by atoms with Gasteiger partial charge >= 0.3 is 5.97 Å². The van der Waals surface area contributed by atoms with E-state index >= 15 is 0 Å². The van der Waals surface area contributed by atoms with Gasteiger partial charge in [-0.25, -0.2) is 0 Å². The highest BCUT2D eigenvalue weighted by Gasteiger charge is 2.36. The number of esters is 1. The van der Waals surface area contributed by atoms with E-state index in [0.29, 0.717) is 13.1 Å². The van der Waals surface area contributed by atoms with Crippen molar-refractivity contribution in [2.45, 2.75) is 33.1 Å². The molecule has 0 radical (unpaired) electrons. The quantitative estimate of drug-likeness (QED) is 0.183. The molecular weight excluding hydrogens is 360 g/mol. The van der Waals surface area contributed by atoms with Crippen LogP contribution in [-0.4, -0.2) is 55.0 Å². The Labute approximate surface area is 166 Å². The molecule has 0 spiro atoms. The molecule has 2 unspecified atom stereocenters. The average Bonchev–Trinajstić information content (AvgIpc) is 3.08. The molecule has 1 saturated heterocycles. The summed E-state index contributed by atoms with van der Waals surface area (Å²) in [5.41, 5.74) is 1.21. The van der Waals surface area contributed by atoms with Crippen molar-refractivity contribution in [2.75, 3.05) is 33.3 Å². The van der Waals surface area contributed by atoms with Gasteiger partial charge in [0, 0.05) is 38.3 Å². The first-order chi connectivity index (χ1) is 13.5. The summed E-state index contributed by atoms with van der Waals surface area (Å²) in [5, 5.41) is 14.0. The van der Waals surface area contributed by atoms with Crippen LogP contribution in [0.25, 0.3) is 0 Å². The number of non-ortho nitro benzene ring substituents is 1. The summed E-state index contributed by atoms with van der Waals surface area (Å²) in [7, 11) is 1.43. The molecule has 0 aromatic heterocycles. The third-order valence-electron chi connectivity index (χ3n) is 5.03. The van der Waals surface area contributed by atoms with Crippen molar-refractivity contribution in [1.82, 2.24) is 10.2 Å². The van der Waals surface area contributed by atoms with E-state index in [1.54, 1.807) is 12.1 Å². The Morgan fingerprint density at radius 1 is 1.32 bits per heavy atom. The van der Waals surface area contributed by atoms with Crippen molar-refractivity contribution in [3.8, 4) is 0 Å². The lowest BCUT2D eigenvalue weighted by atomic mass is 9.99. The van der Waals surface area contributed by atoms with Crippen LogP contribution in [0.1, 0.15) is 32.3 Å². The summed E-state index contributed by atoms with van der Waals surface area (Å²) in [5.74, 6) is 0.805. The summed E-state index contributed by atoms with van der Waals surface area (Å²) < 4.78 is 4.90. The third-order valence-corrected chi connectivity index (χ3v) is 5.03. The molecule has 28 heavy (non-hydrogen) atoms. The van der Waals surface area contributed by atoms with E-state index in [4.69, 9.17) is 9.73 Å². The average molecular weight is 390 g/mol. The summed E-state index contributed by atoms with van der Waals surface area (Å²) >= 11 is 0. The zero-order valence-corrected chi connectivity index (χ0v) is 16.9. The number of likely N-dealkylation sites (tertiary alicyclic amines) is 1. The van der Waals surface area contributed by atoms with Gasteiger partial charge in [0.1, 0.15) is 0 Å². The van der Waals surface area contributed by atoms with Crippen LogP contribution in [-0.2, 0) is 16.0 Å². The van der Waals surface area contributed by atoms with Gasteiger partial charge in [-0.15, -0.1) is 0 Å². The van der Waals surface area contributed by atoms with Gasteiger partial charge in [0.25, 0.3) is 5.69 Å². The highest BCUT2D eigenvalue weighted by atomic mass is 16.6. The molecule has 1 fully saturated rings. The molecule has 0 bridgehead atoms. The van der Waals surface area contributed by atoms with E-state index in [-0.39, 0.29) is 28.4 Å². The number of rotatable bonds is 8. The van der Waals surface area contributed by atoms with Gasteiger partial charge in [-0.1, -0.05) is 19.1 Å². The van der Waals surface area contributed by atoms with Crippen LogP contribution in [0.2, 0.25) is 0 Å². The number of aryl methyl sites for hydroxylation is 1. The number of benzene rings is 1. The van der Waals surface area contributed by atoms with Crippen LogP contribution in [0.4, 0.5) is 5.69 Å². The molecule has 8 heteroatoms. The minimum Gasteiger partial charge on any atom is -0.469 e.